The van der Waals surface area contributed by atoms with Crippen LogP contribution in [-0.2, 0) is 65.4 Å². The van der Waals surface area contributed by atoms with Gasteiger partial charge in [0.15, 0.2) is 12.2 Å². The fraction of sp³-hybridized carbons (Fsp3) is 0.688. The topological polar surface area (TPSA) is 237 Å². The lowest BCUT2D eigenvalue weighted by Crippen LogP contribution is -2.30. The van der Waals surface area contributed by atoms with E-state index in [-0.39, 0.29) is 25.7 Å². The average molecular weight is 1390 g/mol. The molecular formula is C77H130O17P2. The second-order valence-electron chi connectivity index (χ2n) is 24.1. The van der Waals surface area contributed by atoms with Gasteiger partial charge in [-0.3, -0.25) is 37.3 Å². The van der Waals surface area contributed by atoms with Crippen molar-refractivity contribution in [2.24, 2.45) is 0 Å². The Morgan fingerprint density at radius 1 is 0.312 bits per heavy atom. The molecule has 0 radical (unpaired) electrons. The SMILES string of the molecule is CC/C=C\C/C=C\C/C=C\C/C=C\C/C=C\CC(=O)OCC(COP(=O)(O)OCC(O)COP(=O)(O)OCC(COC(=O)CCCCCCCCC/C=C\C/C=C\C/C=C\CC)OC(=O)CCCCCCC/C=C\CCCC)OC(=O)CCCCCCC/C=C\CCCCCC. The minimum absolute atomic E-state index is 0.0636. The van der Waals surface area contributed by atoms with Gasteiger partial charge in [0.05, 0.1) is 32.8 Å². The fourth-order valence-electron chi connectivity index (χ4n) is 9.34. The highest BCUT2D eigenvalue weighted by Crippen LogP contribution is 2.45. The summed E-state index contributed by atoms with van der Waals surface area (Å²) in [5.74, 6) is -2.35. The second-order valence-corrected chi connectivity index (χ2v) is 27.0. The summed E-state index contributed by atoms with van der Waals surface area (Å²) < 4.78 is 68.2. The molecule has 0 spiro atoms. The maximum atomic E-state index is 13.0. The zero-order valence-electron chi connectivity index (χ0n) is 59.8. The molecule has 550 valence electrons. The lowest BCUT2D eigenvalue weighted by atomic mass is 10.1. The average Bonchev–Trinajstić information content (AvgIpc) is 1.84. The Kier molecular flexibility index (Phi) is 65.7. The number of esters is 4. The minimum atomic E-state index is -4.99. The van der Waals surface area contributed by atoms with Crippen LogP contribution in [0.1, 0.15) is 285 Å². The standard InChI is InChI=1S/C77H130O17P2/c1-5-9-13-17-21-25-29-32-34-35-37-40-43-46-50-54-58-62-75(80)87-67-72(93-76(81)63-59-55-51-47-41-28-24-20-16-12-8-4)69-91-95(83,84)89-65-71(78)66-90-96(85,86)92-70-73(94-77(82)64-60-56-52-48-44-38-31-27-23-19-15-11-7-3)68-88-74(79)61-57-53-49-45-42-39-36-33-30-26-22-18-14-10-6-2/h9-10,13-14,20-22,24-27,31-34,36,42,45,53,57,71-73,78H,5-8,11-12,15-19,23,28-30,35,37-41,43-44,46-52,54-56,58-70H2,1-4H3,(H,83,84)(H,85,86)/b13-9-,14-10-,24-20-,25-21-,26-22-,31-27-,34-32-,36-33-,45-42-,57-53-. The van der Waals surface area contributed by atoms with Crippen molar-refractivity contribution in [2.75, 3.05) is 39.6 Å². The first-order chi connectivity index (χ1) is 46.7. The first kappa shape index (κ1) is 91.5. The van der Waals surface area contributed by atoms with Crippen LogP contribution in [0.3, 0.4) is 0 Å². The summed E-state index contributed by atoms with van der Waals surface area (Å²) in [6, 6.07) is 0. The molecule has 5 atom stereocenters. The molecule has 0 fully saturated rings. The molecule has 0 aromatic carbocycles. The van der Waals surface area contributed by atoms with Gasteiger partial charge in [-0.25, -0.2) is 9.13 Å². The number of hydrogen-bond donors (Lipinski definition) is 3. The third-order valence-corrected chi connectivity index (χ3v) is 16.8. The zero-order chi connectivity index (χ0) is 70.4. The molecule has 0 bridgehead atoms. The van der Waals surface area contributed by atoms with E-state index >= 15 is 0 Å². The number of allylic oxidation sites excluding steroid dienone is 19. The van der Waals surface area contributed by atoms with Crippen LogP contribution in [0.4, 0.5) is 0 Å². The number of aliphatic hydroxyl groups is 1. The highest BCUT2D eigenvalue weighted by Gasteiger charge is 2.30. The van der Waals surface area contributed by atoms with Gasteiger partial charge in [-0.05, 0) is 128 Å². The predicted molar refractivity (Wildman–Crippen MR) is 390 cm³/mol. The van der Waals surface area contributed by atoms with Crippen LogP contribution >= 0.6 is 15.6 Å². The number of phosphoric acid groups is 2. The number of carbonyl (C=O) groups excluding carboxylic acids is 4. The molecule has 0 saturated carbocycles. The summed E-state index contributed by atoms with van der Waals surface area (Å²) in [7, 11) is -9.97. The van der Waals surface area contributed by atoms with E-state index in [2.05, 4.69) is 125 Å². The van der Waals surface area contributed by atoms with Crippen molar-refractivity contribution in [3.8, 4) is 0 Å². The Hall–Kier alpha value is -4.54. The van der Waals surface area contributed by atoms with Crippen LogP contribution in [-0.4, -0.2) is 96.7 Å². The maximum Gasteiger partial charge on any atom is 0.472 e. The van der Waals surface area contributed by atoms with Gasteiger partial charge < -0.3 is 33.8 Å². The van der Waals surface area contributed by atoms with E-state index in [0.29, 0.717) is 25.7 Å². The molecule has 17 nitrogen and oxygen atoms in total. The highest BCUT2D eigenvalue weighted by molar-refractivity contribution is 7.47. The van der Waals surface area contributed by atoms with Crippen LogP contribution in [0.5, 0.6) is 0 Å². The monoisotopic (exact) mass is 1390 g/mol. The number of rotatable bonds is 68. The number of ether oxygens (including phenoxy) is 4. The van der Waals surface area contributed by atoms with Crippen LogP contribution in [0.2, 0.25) is 0 Å². The van der Waals surface area contributed by atoms with Gasteiger partial charge in [0.2, 0.25) is 0 Å². The summed E-state index contributed by atoms with van der Waals surface area (Å²) in [6.07, 6.45) is 73.8. The van der Waals surface area contributed by atoms with E-state index in [9.17, 15) is 43.2 Å². The van der Waals surface area contributed by atoms with Crippen LogP contribution in [0, 0.1) is 0 Å². The molecule has 0 aliphatic rings. The normalized spacial score (nSPS) is 14.7. The fourth-order valence-corrected chi connectivity index (χ4v) is 10.9. The first-order valence-electron chi connectivity index (χ1n) is 36.8. The van der Waals surface area contributed by atoms with Crippen molar-refractivity contribution in [1.82, 2.24) is 0 Å². The van der Waals surface area contributed by atoms with E-state index in [1.54, 1.807) is 6.08 Å². The third kappa shape index (κ3) is 68.0. The van der Waals surface area contributed by atoms with Crippen molar-refractivity contribution >= 4 is 39.5 Å². The predicted octanol–water partition coefficient (Wildman–Crippen LogP) is 20.8. The summed E-state index contributed by atoms with van der Waals surface area (Å²) in [5, 5.41) is 10.6. The van der Waals surface area contributed by atoms with Gasteiger partial charge in [-0.15, -0.1) is 0 Å². The van der Waals surface area contributed by atoms with Gasteiger partial charge in [0.25, 0.3) is 0 Å². The Labute approximate surface area is 581 Å². The molecule has 0 rings (SSSR count). The minimum Gasteiger partial charge on any atom is -0.462 e. The van der Waals surface area contributed by atoms with E-state index in [0.717, 1.165) is 167 Å². The lowest BCUT2D eigenvalue weighted by molar-refractivity contribution is -0.161. The van der Waals surface area contributed by atoms with Crippen molar-refractivity contribution in [3.63, 3.8) is 0 Å². The molecule has 96 heavy (non-hydrogen) atoms. The van der Waals surface area contributed by atoms with E-state index < -0.39 is 97.5 Å². The molecular weight excluding hydrogens is 1260 g/mol. The molecule has 0 saturated heterocycles. The van der Waals surface area contributed by atoms with Crippen LogP contribution in [0.15, 0.2) is 122 Å². The van der Waals surface area contributed by atoms with Crippen LogP contribution < -0.4 is 0 Å². The Balaban J connectivity index is 5.39. The Morgan fingerprint density at radius 3 is 0.969 bits per heavy atom. The van der Waals surface area contributed by atoms with Gasteiger partial charge in [-0.2, -0.15) is 0 Å². The van der Waals surface area contributed by atoms with Crippen molar-refractivity contribution in [1.29, 1.82) is 0 Å². The van der Waals surface area contributed by atoms with E-state index in [1.807, 2.05) is 18.2 Å². The quantitative estimate of drug-likeness (QED) is 0.0169. The molecule has 19 heteroatoms. The lowest BCUT2D eigenvalue weighted by Gasteiger charge is -2.21. The van der Waals surface area contributed by atoms with Crippen molar-refractivity contribution < 1.29 is 80.2 Å². The molecule has 0 aliphatic heterocycles. The van der Waals surface area contributed by atoms with Crippen LogP contribution in [0.25, 0.3) is 0 Å². The second kappa shape index (κ2) is 69.0. The highest BCUT2D eigenvalue weighted by atomic mass is 31.2. The van der Waals surface area contributed by atoms with Crippen molar-refractivity contribution in [3.05, 3.63) is 122 Å². The van der Waals surface area contributed by atoms with E-state index in [1.165, 1.54) is 38.5 Å². The van der Waals surface area contributed by atoms with Crippen molar-refractivity contribution in [2.45, 2.75) is 303 Å². The molecule has 0 aromatic rings. The number of hydrogen-bond acceptors (Lipinski definition) is 15. The van der Waals surface area contributed by atoms with Gasteiger partial charge >= 0.3 is 39.5 Å². The summed E-state index contributed by atoms with van der Waals surface area (Å²) in [4.78, 5) is 72.6. The number of phosphoric ester groups is 2. The number of carbonyl (C=O) groups is 4. The zero-order valence-corrected chi connectivity index (χ0v) is 61.5. The maximum absolute atomic E-state index is 13.0. The molecule has 0 aromatic heterocycles. The smallest absolute Gasteiger partial charge is 0.462 e. The summed E-state index contributed by atoms with van der Waals surface area (Å²) >= 11 is 0. The Bertz CT molecular complexity index is 2300. The number of aliphatic hydroxyl groups excluding tert-OH is 1. The van der Waals surface area contributed by atoms with Gasteiger partial charge in [-0.1, -0.05) is 252 Å². The molecule has 0 heterocycles. The number of unbranched alkanes of at least 4 members (excludes halogenated alkanes) is 23. The van der Waals surface area contributed by atoms with Gasteiger partial charge in [0, 0.05) is 19.3 Å². The Morgan fingerprint density at radius 2 is 0.594 bits per heavy atom. The summed E-state index contributed by atoms with van der Waals surface area (Å²) in [5.41, 5.74) is 0. The van der Waals surface area contributed by atoms with Gasteiger partial charge in [0.1, 0.15) is 19.3 Å². The molecule has 5 unspecified atom stereocenters. The molecule has 0 aliphatic carbocycles. The third-order valence-electron chi connectivity index (χ3n) is 14.9. The molecule has 3 N–H and O–H groups in total. The summed E-state index contributed by atoms with van der Waals surface area (Å²) in [6.45, 7) is 4.43. The largest absolute Gasteiger partial charge is 0.472 e. The van der Waals surface area contributed by atoms with E-state index in [4.69, 9.17) is 37.0 Å². The first-order valence-corrected chi connectivity index (χ1v) is 39.8. The molecule has 0 amide bonds.